The van der Waals surface area contributed by atoms with Gasteiger partial charge in [-0.1, -0.05) is 73.6 Å². The van der Waals surface area contributed by atoms with Gasteiger partial charge in [-0.05, 0) is 50.4 Å². The van der Waals surface area contributed by atoms with Crippen LogP contribution in [0.15, 0.2) is 57.9 Å². The number of terminal acetylenes is 1. The van der Waals surface area contributed by atoms with E-state index in [9.17, 15) is 0 Å². The molecule has 0 amide bonds. The third-order valence-electron chi connectivity index (χ3n) is 6.00. The zero-order valence-electron chi connectivity index (χ0n) is 17.3. The molecular weight excluding hydrogens is 330 g/mol. The molecule has 1 fully saturated rings. The van der Waals surface area contributed by atoms with Crippen LogP contribution in [0.1, 0.15) is 53.4 Å². The van der Waals surface area contributed by atoms with Gasteiger partial charge >= 0.3 is 0 Å². The van der Waals surface area contributed by atoms with E-state index in [1.54, 1.807) is 0 Å². The monoisotopic (exact) mass is 365 g/mol. The van der Waals surface area contributed by atoms with Gasteiger partial charge in [-0.15, -0.1) is 12.3 Å². The lowest BCUT2D eigenvalue weighted by molar-refractivity contribution is 0.182. The maximum atomic E-state index is 5.68. The summed E-state index contributed by atoms with van der Waals surface area (Å²) in [6.07, 6.45) is 23.5. The molecule has 0 aromatic rings. The van der Waals surface area contributed by atoms with Crippen molar-refractivity contribution in [3.8, 4) is 12.3 Å². The molecule has 0 heterocycles. The van der Waals surface area contributed by atoms with E-state index < -0.39 is 0 Å². The second kappa shape index (κ2) is 10.3. The summed E-state index contributed by atoms with van der Waals surface area (Å²) in [7, 11) is 0. The number of allylic oxidation sites excluding steroid dienone is 6. The predicted octanol–water partition coefficient (Wildman–Crippen LogP) is 6.03. The van der Waals surface area contributed by atoms with Crippen molar-refractivity contribution in [3.63, 3.8) is 0 Å². The van der Waals surface area contributed by atoms with Crippen LogP contribution in [0.25, 0.3) is 0 Å². The van der Waals surface area contributed by atoms with Crippen LogP contribution < -0.4 is 5.84 Å². The summed E-state index contributed by atoms with van der Waals surface area (Å²) in [6.45, 7) is 8.87. The normalized spacial score (nSPS) is 31.8. The second-order valence-corrected chi connectivity index (χ2v) is 8.30. The molecule has 27 heavy (non-hydrogen) atoms. The Labute approximate surface area is 165 Å². The lowest BCUT2D eigenvalue weighted by Gasteiger charge is -2.38. The molecule has 0 aromatic heterocycles. The number of hydrogen-bond donors (Lipinski definition) is 1. The number of hydrogen-bond acceptors (Lipinski definition) is 2. The van der Waals surface area contributed by atoms with Gasteiger partial charge in [-0.25, -0.2) is 0 Å². The minimum absolute atomic E-state index is 0.140. The molecule has 0 radical (unpaired) electrons. The maximum Gasteiger partial charge on any atom is 0.0828 e. The first-order valence-electron chi connectivity index (χ1n) is 10.3. The summed E-state index contributed by atoms with van der Waals surface area (Å²) in [5.41, 5.74) is 2.78. The third-order valence-corrected chi connectivity index (χ3v) is 6.00. The smallest absolute Gasteiger partial charge is 0.0828 e. The molecule has 2 aliphatic carbocycles. The highest BCUT2D eigenvalue weighted by molar-refractivity contribution is 5.28. The predicted molar refractivity (Wildman–Crippen MR) is 115 cm³/mol. The zero-order chi connectivity index (χ0) is 19.8. The van der Waals surface area contributed by atoms with E-state index in [2.05, 4.69) is 80.4 Å². The zero-order valence-corrected chi connectivity index (χ0v) is 17.3. The van der Waals surface area contributed by atoms with Crippen molar-refractivity contribution in [3.05, 3.63) is 47.6 Å². The van der Waals surface area contributed by atoms with Crippen molar-refractivity contribution < 1.29 is 0 Å². The molecule has 1 saturated carbocycles. The lowest BCUT2D eigenvalue weighted by Crippen LogP contribution is -2.32. The molecule has 2 N–H and O–H groups in total. The minimum atomic E-state index is 0.140. The average molecular weight is 366 g/mol. The van der Waals surface area contributed by atoms with E-state index >= 15 is 0 Å². The molecule has 3 nitrogen and oxygen atoms in total. The quantitative estimate of drug-likeness (QED) is 0.193. The summed E-state index contributed by atoms with van der Waals surface area (Å²) >= 11 is 0. The van der Waals surface area contributed by atoms with E-state index in [1.807, 2.05) is 0 Å². The van der Waals surface area contributed by atoms with E-state index in [-0.39, 0.29) is 6.04 Å². The highest BCUT2D eigenvalue weighted by atomic mass is 15.3. The SMILES string of the molecule is C#CC1CC(C)C1/C=C(\C=C/C)CCC1=CC(C(C)C)C(N=NN)CC=C1. The van der Waals surface area contributed by atoms with E-state index in [0.717, 1.165) is 25.7 Å². The molecule has 0 bridgehead atoms. The van der Waals surface area contributed by atoms with Gasteiger partial charge in [0.1, 0.15) is 0 Å². The first kappa shape index (κ1) is 21.2. The summed E-state index contributed by atoms with van der Waals surface area (Å²) in [6, 6.07) is 0.140. The average Bonchev–Trinajstić information content (AvgIpc) is 2.84. The molecule has 0 aromatic carbocycles. The largest absolute Gasteiger partial charge is 0.305 e. The molecule has 0 saturated heterocycles. The molecule has 146 valence electrons. The maximum absolute atomic E-state index is 5.68. The van der Waals surface area contributed by atoms with Crippen molar-refractivity contribution in [1.29, 1.82) is 0 Å². The Hall–Kier alpha value is -2.08. The van der Waals surface area contributed by atoms with Crippen LogP contribution in [0.3, 0.4) is 0 Å². The Balaban J connectivity index is 2.11. The first-order valence-corrected chi connectivity index (χ1v) is 10.3. The fourth-order valence-corrected chi connectivity index (χ4v) is 4.29. The molecule has 3 heteroatoms. The molecule has 0 spiro atoms. The van der Waals surface area contributed by atoms with Gasteiger partial charge in [0.05, 0.1) is 6.04 Å². The fourth-order valence-electron chi connectivity index (χ4n) is 4.29. The van der Waals surface area contributed by atoms with Crippen molar-refractivity contribution in [2.75, 3.05) is 0 Å². The van der Waals surface area contributed by atoms with Gasteiger partial charge in [0, 0.05) is 11.8 Å². The number of nitrogens with zero attached hydrogens (tertiary/aromatic N) is 2. The second-order valence-electron chi connectivity index (χ2n) is 8.30. The summed E-state index contributed by atoms with van der Waals surface area (Å²) in [5, 5.41) is 7.81. The Bertz CT molecular complexity index is 672. The van der Waals surface area contributed by atoms with Crippen LogP contribution in [0.5, 0.6) is 0 Å². The Morgan fingerprint density at radius 1 is 1.44 bits per heavy atom. The van der Waals surface area contributed by atoms with Crippen LogP contribution >= 0.6 is 0 Å². The van der Waals surface area contributed by atoms with E-state index in [4.69, 9.17) is 12.3 Å². The lowest BCUT2D eigenvalue weighted by atomic mass is 9.65. The van der Waals surface area contributed by atoms with Gasteiger partial charge in [0.15, 0.2) is 0 Å². The van der Waals surface area contributed by atoms with Crippen molar-refractivity contribution in [1.82, 2.24) is 0 Å². The minimum Gasteiger partial charge on any atom is -0.305 e. The molecular formula is C24H35N3. The summed E-state index contributed by atoms with van der Waals surface area (Å²) in [5.74, 6) is 10.8. The van der Waals surface area contributed by atoms with Crippen molar-refractivity contribution in [2.24, 2.45) is 45.8 Å². The van der Waals surface area contributed by atoms with Crippen molar-refractivity contribution in [2.45, 2.75) is 59.4 Å². The van der Waals surface area contributed by atoms with Crippen LogP contribution in [0.2, 0.25) is 0 Å². The highest BCUT2D eigenvalue weighted by Crippen LogP contribution is 2.41. The standard InChI is InChI=1S/C24H35N3/c1-6-9-19(16-23-18(5)14-21(23)7-2)12-13-20-10-8-11-24(26-27-25)22(15-20)17(3)4/h2,6,8-10,15-18,21-24H,11-14H2,1,3-5H3,(H2,25,26)/b9-6-,19-16+. The van der Waals surface area contributed by atoms with Crippen LogP contribution in [0.4, 0.5) is 0 Å². The fraction of sp³-hybridized carbons (Fsp3) is 0.583. The van der Waals surface area contributed by atoms with Crippen molar-refractivity contribution >= 4 is 0 Å². The summed E-state index contributed by atoms with van der Waals surface area (Å²) < 4.78 is 0. The topological polar surface area (TPSA) is 50.7 Å². The Morgan fingerprint density at radius 2 is 2.22 bits per heavy atom. The molecule has 2 aliphatic rings. The van der Waals surface area contributed by atoms with Gasteiger partial charge in [-0.3, -0.25) is 0 Å². The molecule has 5 unspecified atom stereocenters. The highest BCUT2D eigenvalue weighted by Gasteiger charge is 2.35. The van der Waals surface area contributed by atoms with Gasteiger partial charge in [0.2, 0.25) is 0 Å². The van der Waals surface area contributed by atoms with E-state index in [0.29, 0.717) is 29.6 Å². The third kappa shape index (κ3) is 5.70. The Morgan fingerprint density at radius 3 is 2.81 bits per heavy atom. The number of nitrogens with two attached hydrogens (primary N) is 1. The molecule has 5 atom stereocenters. The number of rotatable bonds is 7. The molecule has 2 rings (SSSR count). The van der Waals surface area contributed by atoms with E-state index in [1.165, 1.54) is 11.1 Å². The van der Waals surface area contributed by atoms with Crippen LogP contribution in [-0.4, -0.2) is 6.04 Å². The van der Waals surface area contributed by atoms with Gasteiger partial charge in [0.25, 0.3) is 0 Å². The van der Waals surface area contributed by atoms with Gasteiger partial charge in [-0.2, -0.15) is 5.11 Å². The van der Waals surface area contributed by atoms with Crippen LogP contribution in [0, 0.1) is 41.9 Å². The Kier molecular flexibility index (Phi) is 8.10. The molecule has 0 aliphatic heterocycles. The van der Waals surface area contributed by atoms with Gasteiger partial charge < -0.3 is 5.84 Å². The first-order chi connectivity index (χ1) is 13.0. The van der Waals surface area contributed by atoms with Crippen LogP contribution in [-0.2, 0) is 0 Å². The summed E-state index contributed by atoms with van der Waals surface area (Å²) in [4.78, 5) is 0.